The molecule has 4 aromatic heterocycles. The third kappa shape index (κ3) is 3.97. The molecule has 0 saturated carbocycles. The van der Waals surface area contributed by atoms with Crippen molar-refractivity contribution >= 4 is 28.1 Å². The number of nitrogens with zero attached hydrogens (tertiary/aromatic N) is 4. The molecule has 33 heavy (non-hydrogen) atoms. The van der Waals surface area contributed by atoms with Crippen molar-refractivity contribution in [3.63, 3.8) is 0 Å². The van der Waals surface area contributed by atoms with Crippen LogP contribution < -0.4 is 10.6 Å². The Bertz CT molecular complexity index is 1490. The molecular formula is C25H21N7O. The topological polar surface area (TPSA) is 100 Å². The fourth-order valence-electron chi connectivity index (χ4n) is 3.67. The lowest BCUT2D eigenvalue weighted by Crippen LogP contribution is -2.22. The summed E-state index contributed by atoms with van der Waals surface area (Å²) in [6, 6.07) is 15.0. The quantitative estimate of drug-likeness (QED) is 0.331. The average Bonchev–Trinajstić information content (AvgIpc) is 3.47. The van der Waals surface area contributed by atoms with Crippen molar-refractivity contribution in [3.05, 3.63) is 103 Å². The molecule has 0 unspecified atom stereocenters. The maximum Gasteiger partial charge on any atom is 0.251 e. The van der Waals surface area contributed by atoms with Crippen LogP contribution in [0, 0.1) is 0 Å². The van der Waals surface area contributed by atoms with E-state index >= 15 is 0 Å². The number of fused-ring (bicyclic) bond motifs is 2. The van der Waals surface area contributed by atoms with Crippen molar-refractivity contribution < 1.29 is 4.79 Å². The molecule has 1 amide bonds. The number of aromatic amines is 1. The molecule has 8 heteroatoms. The molecule has 5 aromatic rings. The highest BCUT2D eigenvalue weighted by molar-refractivity contribution is 5.98. The summed E-state index contributed by atoms with van der Waals surface area (Å²) in [4.78, 5) is 20.3. The fourth-order valence-corrected chi connectivity index (χ4v) is 3.67. The second kappa shape index (κ2) is 8.43. The SMILES string of the molecule is C=CC(=C)Nc1ccc(C(=O)NCc2cc3c(-c4cnn5ncccc45)ccnc3[nH]2)cc1. The highest BCUT2D eigenvalue weighted by Crippen LogP contribution is 2.30. The number of nitrogens with one attached hydrogen (secondary N) is 3. The summed E-state index contributed by atoms with van der Waals surface area (Å²) in [5.41, 5.74) is 6.59. The Kier molecular flexibility index (Phi) is 5.16. The predicted molar refractivity (Wildman–Crippen MR) is 129 cm³/mol. The van der Waals surface area contributed by atoms with Crippen LogP contribution in [0.15, 0.2) is 92.1 Å². The van der Waals surface area contributed by atoms with Gasteiger partial charge in [0.1, 0.15) is 5.65 Å². The molecule has 0 bridgehead atoms. The van der Waals surface area contributed by atoms with Gasteiger partial charge in [0.05, 0.1) is 18.3 Å². The molecule has 0 saturated heterocycles. The van der Waals surface area contributed by atoms with Crippen LogP contribution in [0.2, 0.25) is 0 Å². The Balaban J connectivity index is 1.34. The van der Waals surface area contributed by atoms with Crippen molar-refractivity contribution in [1.29, 1.82) is 0 Å². The van der Waals surface area contributed by atoms with E-state index in [1.807, 2.05) is 36.4 Å². The van der Waals surface area contributed by atoms with Crippen molar-refractivity contribution in [1.82, 2.24) is 30.1 Å². The van der Waals surface area contributed by atoms with Crippen molar-refractivity contribution in [3.8, 4) is 11.1 Å². The molecule has 0 aliphatic carbocycles. The number of pyridine rings is 1. The minimum Gasteiger partial charge on any atom is -0.356 e. The number of rotatable bonds is 7. The zero-order valence-corrected chi connectivity index (χ0v) is 17.7. The van der Waals surface area contributed by atoms with Crippen molar-refractivity contribution in [2.75, 3.05) is 5.32 Å². The number of allylic oxidation sites excluding steroid dienone is 1. The monoisotopic (exact) mass is 435 g/mol. The summed E-state index contributed by atoms with van der Waals surface area (Å²) in [7, 11) is 0. The van der Waals surface area contributed by atoms with E-state index < -0.39 is 0 Å². The fraction of sp³-hybridized carbons (Fsp3) is 0.0400. The Hall–Kier alpha value is -4.72. The van der Waals surface area contributed by atoms with Crippen LogP contribution in [-0.2, 0) is 6.54 Å². The van der Waals surface area contributed by atoms with Gasteiger partial charge < -0.3 is 15.6 Å². The summed E-state index contributed by atoms with van der Waals surface area (Å²) in [6.45, 7) is 7.83. The zero-order chi connectivity index (χ0) is 22.8. The number of amides is 1. The first kappa shape index (κ1) is 20.2. The van der Waals surface area contributed by atoms with Gasteiger partial charge in [-0.05, 0) is 60.2 Å². The van der Waals surface area contributed by atoms with Crippen molar-refractivity contribution in [2.24, 2.45) is 0 Å². The summed E-state index contributed by atoms with van der Waals surface area (Å²) in [6.07, 6.45) is 6.89. The van der Waals surface area contributed by atoms with Gasteiger partial charge in [-0.15, -0.1) is 0 Å². The first-order valence-electron chi connectivity index (χ1n) is 10.3. The maximum atomic E-state index is 12.6. The molecule has 0 aliphatic heterocycles. The molecule has 0 fully saturated rings. The highest BCUT2D eigenvalue weighted by atomic mass is 16.1. The van der Waals surface area contributed by atoms with Gasteiger partial charge in [0.2, 0.25) is 0 Å². The Morgan fingerprint density at radius 1 is 1.09 bits per heavy atom. The average molecular weight is 435 g/mol. The predicted octanol–water partition coefficient (Wildman–Crippen LogP) is 4.31. The Labute approximate surface area is 189 Å². The van der Waals surface area contributed by atoms with Crippen LogP contribution in [0.3, 0.4) is 0 Å². The molecule has 3 N–H and O–H groups in total. The summed E-state index contributed by atoms with van der Waals surface area (Å²) >= 11 is 0. The molecule has 8 nitrogen and oxygen atoms in total. The van der Waals surface area contributed by atoms with Gasteiger partial charge in [-0.1, -0.05) is 13.2 Å². The van der Waals surface area contributed by atoms with E-state index in [1.165, 1.54) is 0 Å². The van der Waals surface area contributed by atoms with Gasteiger partial charge in [0.15, 0.2) is 0 Å². The number of H-pyrrole nitrogens is 1. The van der Waals surface area contributed by atoms with Crippen LogP contribution in [0.1, 0.15) is 16.1 Å². The van der Waals surface area contributed by atoms with Gasteiger partial charge in [-0.3, -0.25) is 4.79 Å². The largest absolute Gasteiger partial charge is 0.356 e. The van der Waals surface area contributed by atoms with Crippen LogP contribution in [0.5, 0.6) is 0 Å². The van der Waals surface area contributed by atoms with E-state index in [2.05, 4.69) is 44.0 Å². The minimum absolute atomic E-state index is 0.162. The Morgan fingerprint density at radius 2 is 1.94 bits per heavy atom. The van der Waals surface area contributed by atoms with Crippen LogP contribution in [0.4, 0.5) is 5.69 Å². The number of anilines is 1. The zero-order valence-electron chi connectivity index (χ0n) is 17.7. The lowest BCUT2D eigenvalue weighted by Gasteiger charge is -2.07. The summed E-state index contributed by atoms with van der Waals surface area (Å²) < 4.78 is 1.60. The van der Waals surface area contributed by atoms with Gasteiger partial charge in [0, 0.05) is 46.0 Å². The molecule has 5 rings (SSSR count). The molecule has 0 atom stereocenters. The van der Waals surface area contributed by atoms with E-state index in [0.717, 1.165) is 39.1 Å². The third-order valence-electron chi connectivity index (χ3n) is 5.32. The highest BCUT2D eigenvalue weighted by Gasteiger charge is 2.13. The summed E-state index contributed by atoms with van der Waals surface area (Å²) in [5, 5.41) is 15.6. The maximum absolute atomic E-state index is 12.6. The molecule has 0 radical (unpaired) electrons. The van der Waals surface area contributed by atoms with Crippen LogP contribution in [0.25, 0.3) is 27.7 Å². The number of hydrogen-bond donors (Lipinski definition) is 3. The molecule has 1 aromatic carbocycles. The number of aromatic nitrogens is 5. The number of carbonyl (C=O) groups excluding carboxylic acids is 1. The lowest BCUT2D eigenvalue weighted by molar-refractivity contribution is 0.0950. The molecule has 162 valence electrons. The molecule has 4 heterocycles. The third-order valence-corrected chi connectivity index (χ3v) is 5.32. The minimum atomic E-state index is -0.162. The standard InChI is InChI=1S/C25H21N7O/c1-3-16(2)30-18-8-6-17(7-9-18)25(33)27-14-19-13-21-20(10-12-26-24(21)31-19)22-15-29-32-23(22)5-4-11-28-32/h3-13,15,30H,1-2,14H2,(H,26,31)(H,27,33). The summed E-state index contributed by atoms with van der Waals surface area (Å²) in [5.74, 6) is -0.162. The van der Waals surface area contributed by atoms with Gasteiger partial charge in [0.25, 0.3) is 5.91 Å². The number of hydrogen-bond acceptors (Lipinski definition) is 5. The van der Waals surface area contributed by atoms with E-state index in [9.17, 15) is 4.79 Å². The van der Waals surface area contributed by atoms with Crippen LogP contribution in [-0.4, -0.2) is 30.7 Å². The van der Waals surface area contributed by atoms with Gasteiger partial charge in [-0.2, -0.15) is 14.8 Å². The van der Waals surface area contributed by atoms with Crippen LogP contribution >= 0.6 is 0 Å². The Morgan fingerprint density at radius 3 is 2.76 bits per heavy atom. The first-order valence-corrected chi connectivity index (χ1v) is 10.3. The molecule has 0 aliphatic rings. The van der Waals surface area contributed by atoms with Crippen molar-refractivity contribution in [2.45, 2.75) is 6.54 Å². The van der Waals surface area contributed by atoms with E-state index in [4.69, 9.17) is 0 Å². The smallest absolute Gasteiger partial charge is 0.251 e. The van der Waals surface area contributed by atoms with E-state index in [-0.39, 0.29) is 5.91 Å². The molecular weight excluding hydrogens is 414 g/mol. The van der Waals surface area contributed by atoms with E-state index in [0.29, 0.717) is 17.8 Å². The van der Waals surface area contributed by atoms with E-state index in [1.54, 1.807) is 41.4 Å². The van der Waals surface area contributed by atoms with Gasteiger partial charge in [-0.25, -0.2) is 4.98 Å². The van der Waals surface area contributed by atoms with Gasteiger partial charge >= 0.3 is 0 Å². The first-order chi connectivity index (χ1) is 16.1. The number of benzene rings is 1. The molecule has 0 spiro atoms. The second-order valence-electron chi connectivity index (χ2n) is 7.49. The number of carbonyl (C=O) groups is 1. The second-order valence-corrected chi connectivity index (χ2v) is 7.49. The normalized spacial score (nSPS) is 10.9. The lowest BCUT2D eigenvalue weighted by atomic mass is 10.1.